The minimum absolute atomic E-state index is 0.137. The van der Waals surface area contributed by atoms with Crippen molar-refractivity contribution in [3.63, 3.8) is 0 Å². The number of hydrogen-bond acceptors (Lipinski definition) is 2. The second-order valence-electron chi connectivity index (χ2n) is 5.05. The van der Waals surface area contributed by atoms with Crippen molar-refractivity contribution < 1.29 is 9.53 Å². The van der Waals surface area contributed by atoms with E-state index in [0.717, 1.165) is 26.9 Å². The van der Waals surface area contributed by atoms with E-state index in [1.807, 2.05) is 39.0 Å². The Morgan fingerprint density at radius 1 is 1.05 bits per heavy atom. The summed E-state index contributed by atoms with van der Waals surface area (Å²) in [6.45, 7) is 5.90. The number of carbonyl (C=O) groups excluding carboxylic acids is 1. The lowest BCUT2D eigenvalue weighted by Crippen LogP contribution is -2.14. The fourth-order valence-electron chi connectivity index (χ4n) is 2.25. The predicted octanol–water partition coefficient (Wildman–Crippen LogP) is 4.64. The molecule has 2 aromatic carbocycles. The van der Waals surface area contributed by atoms with Crippen LogP contribution in [0.25, 0.3) is 0 Å². The van der Waals surface area contributed by atoms with Crippen LogP contribution in [0.5, 0.6) is 5.75 Å². The third-order valence-corrected chi connectivity index (χ3v) is 3.86. The summed E-state index contributed by atoms with van der Waals surface area (Å²) in [4.78, 5) is 12.4. The number of hydrogen-bond donors (Lipinski definition) is 1. The molecule has 0 atom stereocenters. The number of ether oxygens (including phenoxy) is 1. The summed E-state index contributed by atoms with van der Waals surface area (Å²) in [5, 5.41) is 2.98. The molecule has 0 radical (unpaired) electrons. The Balaban J connectivity index is 2.30. The maximum absolute atomic E-state index is 12.4. The van der Waals surface area contributed by atoms with Crippen molar-refractivity contribution in [3.8, 4) is 5.75 Å². The lowest BCUT2D eigenvalue weighted by molar-refractivity contribution is 0.102. The van der Waals surface area contributed by atoms with Gasteiger partial charge in [0.15, 0.2) is 0 Å². The van der Waals surface area contributed by atoms with Crippen LogP contribution in [0, 0.1) is 20.8 Å². The second-order valence-corrected chi connectivity index (χ2v) is 5.97. The summed E-state index contributed by atoms with van der Waals surface area (Å²) in [6, 6.07) is 9.41. The van der Waals surface area contributed by atoms with Crippen LogP contribution >= 0.6 is 15.9 Å². The Labute approximate surface area is 133 Å². The van der Waals surface area contributed by atoms with Crippen LogP contribution in [0.4, 0.5) is 5.69 Å². The SMILES string of the molecule is COc1cc(C(=O)Nc2c(C)cc(Br)cc2C)ccc1C. The zero-order chi connectivity index (χ0) is 15.6. The Morgan fingerprint density at radius 2 is 1.67 bits per heavy atom. The zero-order valence-corrected chi connectivity index (χ0v) is 14.2. The Morgan fingerprint density at radius 3 is 2.24 bits per heavy atom. The van der Waals surface area contributed by atoms with Gasteiger partial charge in [0.1, 0.15) is 5.75 Å². The van der Waals surface area contributed by atoms with Crippen molar-refractivity contribution in [2.24, 2.45) is 0 Å². The van der Waals surface area contributed by atoms with Crippen LogP contribution in [0.1, 0.15) is 27.0 Å². The van der Waals surface area contributed by atoms with Crippen molar-refractivity contribution in [1.82, 2.24) is 0 Å². The first kappa shape index (κ1) is 15.6. The molecule has 2 aromatic rings. The van der Waals surface area contributed by atoms with Gasteiger partial charge in [-0.05, 0) is 61.7 Å². The highest BCUT2D eigenvalue weighted by Crippen LogP contribution is 2.26. The van der Waals surface area contributed by atoms with Crippen LogP contribution in [0.15, 0.2) is 34.8 Å². The Hall–Kier alpha value is -1.81. The molecule has 21 heavy (non-hydrogen) atoms. The summed E-state index contributed by atoms with van der Waals surface area (Å²) >= 11 is 3.46. The van der Waals surface area contributed by atoms with Gasteiger partial charge in [-0.2, -0.15) is 0 Å². The molecular formula is C17H18BrNO2. The molecule has 4 heteroatoms. The number of benzene rings is 2. The van der Waals surface area contributed by atoms with Gasteiger partial charge in [-0.25, -0.2) is 0 Å². The Bertz CT molecular complexity index is 672. The first-order valence-corrected chi connectivity index (χ1v) is 7.44. The van der Waals surface area contributed by atoms with E-state index in [1.54, 1.807) is 19.2 Å². The number of methoxy groups -OCH3 is 1. The highest BCUT2D eigenvalue weighted by molar-refractivity contribution is 9.10. The lowest BCUT2D eigenvalue weighted by Gasteiger charge is -2.13. The van der Waals surface area contributed by atoms with E-state index in [9.17, 15) is 4.79 Å². The fraction of sp³-hybridized carbons (Fsp3) is 0.235. The smallest absolute Gasteiger partial charge is 0.255 e. The molecular weight excluding hydrogens is 330 g/mol. The zero-order valence-electron chi connectivity index (χ0n) is 12.6. The van der Waals surface area contributed by atoms with Gasteiger partial charge >= 0.3 is 0 Å². The predicted molar refractivity (Wildman–Crippen MR) is 89.3 cm³/mol. The van der Waals surface area contributed by atoms with Gasteiger partial charge < -0.3 is 10.1 Å². The molecule has 0 aliphatic heterocycles. The van der Waals surface area contributed by atoms with E-state index in [-0.39, 0.29) is 5.91 Å². The maximum Gasteiger partial charge on any atom is 0.255 e. The average Bonchev–Trinajstić information content (AvgIpc) is 2.43. The molecule has 0 heterocycles. The van der Waals surface area contributed by atoms with E-state index in [1.165, 1.54) is 0 Å². The van der Waals surface area contributed by atoms with E-state index in [4.69, 9.17) is 4.74 Å². The summed E-state index contributed by atoms with van der Waals surface area (Å²) in [5.74, 6) is 0.578. The van der Waals surface area contributed by atoms with E-state index >= 15 is 0 Å². The molecule has 0 spiro atoms. The van der Waals surface area contributed by atoms with Gasteiger partial charge in [0.25, 0.3) is 5.91 Å². The third-order valence-electron chi connectivity index (χ3n) is 3.41. The van der Waals surface area contributed by atoms with Crippen molar-refractivity contribution in [2.45, 2.75) is 20.8 Å². The number of amides is 1. The van der Waals surface area contributed by atoms with E-state index in [2.05, 4.69) is 21.2 Å². The fourth-order valence-corrected chi connectivity index (χ4v) is 2.94. The van der Waals surface area contributed by atoms with Crippen LogP contribution in [-0.4, -0.2) is 13.0 Å². The number of halogens is 1. The van der Waals surface area contributed by atoms with Crippen LogP contribution < -0.4 is 10.1 Å². The van der Waals surface area contributed by atoms with Gasteiger partial charge in [0, 0.05) is 15.7 Å². The van der Waals surface area contributed by atoms with E-state index in [0.29, 0.717) is 11.3 Å². The van der Waals surface area contributed by atoms with Crippen molar-refractivity contribution in [2.75, 3.05) is 12.4 Å². The second kappa shape index (κ2) is 6.31. The summed E-state index contributed by atoms with van der Waals surface area (Å²) < 4.78 is 6.27. The van der Waals surface area contributed by atoms with Crippen LogP contribution in [-0.2, 0) is 0 Å². The highest BCUT2D eigenvalue weighted by Gasteiger charge is 2.12. The molecule has 0 saturated carbocycles. The topological polar surface area (TPSA) is 38.3 Å². The minimum Gasteiger partial charge on any atom is -0.496 e. The lowest BCUT2D eigenvalue weighted by atomic mass is 10.1. The van der Waals surface area contributed by atoms with Crippen molar-refractivity contribution >= 4 is 27.5 Å². The molecule has 0 aliphatic carbocycles. The standard InChI is InChI=1S/C17H18BrNO2/c1-10-5-6-13(9-15(10)21-4)17(20)19-16-11(2)7-14(18)8-12(16)3/h5-9H,1-4H3,(H,19,20). The summed E-state index contributed by atoms with van der Waals surface area (Å²) in [5.41, 5.74) is 4.48. The highest BCUT2D eigenvalue weighted by atomic mass is 79.9. The van der Waals surface area contributed by atoms with Crippen LogP contribution in [0.2, 0.25) is 0 Å². The first-order chi connectivity index (χ1) is 9.92. The molecule has 0 fully saturated rings. The van der Waals surface area contributed by atoms with Crippen molar-refractivity contribution in [1.29, 1.82) is 0 Å². The molecule has 3 nitrogen and oxygen atoms in total. The first-order valence-electron chi connectivity index (χ1n) is 6.65. The number of rotatable bonds is 3. The molecule has 0 unspecified atom stereocenters. The number of carbonyl (C=O) groups is 1. The normalized spacial score (nSPS) is 10.3. The van der Waals surface area contributed by atoms with Crippen LogP contribution in [0.3, 0.4) is 0 Å². The molecule has 0 aliphatic rings. The molecule has 0 aromatic heterocycles. The van der Waals surface area contributed by atoms with E-state index < -0.39 is 0 Å². The van der Waals surface area contributed by atoms with Gasteiger partial charge in [0.05, 0.1) is 7.11 Å². The quantitative estimate of drug-likeness (QED) is 0.878. The number of anilines is 1. The molecule has 0 saturated heterocycles. The third kappa shape index (κ3) is 3.45. The maximum atomic E-state index is 12.4. The Kier molecular flexibility index (Phi) is 4.68. The average molecular weight is 348 g/mol. The molecule has 2 rings (SSSR count). The van der Waals surface area contributed by atoms with Gasteiger partial charge in [-0.15, -0.1) is 0 Å². The van der Waals surface area contributed by atoms with Gasteiger partial charge in [0.2, 0.25) is 0 Å². The molecule has 1 N–H and O–H groups in total. The molecule has 1 amide bonds. The molecule has 110 valence electrons. The summed E-state index contributed by atoms with van der Waals surface area (Å²) in [7, 11) is 1.60. The number of nitrogens with one attached hydrogen (secondary N) is 1. The molecule has 0 bridgehead atoms. The largest absolute Gasteiger partial charge is 0.496 e. The monoisotopic (exact) mass is 347 g/mol. The van der Waals surface area contributed by atoms with Crippen molar-refractivity contribution in [3.05, 3.63) is 57.1 Å². The van der Waals surface area contributed by atoms with Gasteiger partial charge in [-0.1, -0.05) is 22.0 Å². The minimum atomic E-state index is -0.137. The number of aryl methyl sites for hydroxylation is 3. The summed E-state index contributed by atoms with van der Waals surface area (Å²) in [6.07, 6.45) is 0. The van der Waals surface area contributed by atoms with Gasteiger partial charge in [-0.3, -0.25) is 4.79 Å².